The maximum atomic E-state index is 6.25. The average molecular weight is 425 g/mol. The van der Waals surface area contributed by atoms with Crippen LogP contribution in [-0.2, 0) is 0 Å². The van der Waals surface area contributed by atoms with Crippen LogP contribution in [0.25, 0.3) is 49.7 Å². The van der Waals surface area contributed by atoms with Gasteiger partial charge in [-0.2, -0.15) is 0 Å². The molecule has 156 valence electrons. The first-order valence-electron chi connectivity index (χ1n) is 11.2. The summed E-state index contributed by atoms with van der Waals surface area (Å²) in [6.45, 7) is 2.05. The Labute approximate surface area is 191 Å². The summed E-state index contributed by atoms with van der Waals surface area (Å²) < 4.78 is 8.46. The van der Waals surface area contributed by atoms with Crippen molar-refractivity contribution >= 4 is 21.8 Å². The molecule has 5 aromatic carbocycles. The van der Waals surface area contributed by atoms with Crippen molar-refractivity contribution in [3.8, 4) is 39.4 Å². The fourth-order valence-electron chi connectivity index (χ4n) is 5.09. The predicted molar refractivity (Wildman–Crippen MR) is 134 cm³/mol. The van der Waals surface area contributed by atoms with Crippen molar-refractivity contribution in [3.05, 3.63) is 109 Å². The van der Waals surface area contributed by atoms with E-state index in [4.69, 9.17) is 9.72 Å². The van der Waals surface area contributed by atoms with Crippen molar-refractivity contribution in [2.75, 3.05) is 0 Å². The lowest BCUT2D eigenvalue weighted by atomic mass is 9.90. The molecule has 0 radical (unpaired) electrons. The maximum absolute atomic E-state index is 6.25. The Bertz CT molecular complexity index is 1690. The van der Waals surface area contributed by atoms with Crippen LogP contribution in [0.3, 0.4) is 0 Å². The summed E-state index contributed by atoms with van der Waals surface area (Å²) in [5.41, 5.74) is 8.02. The van der Waals surface area contributed by atoms with Gasteiger partial charge < -0.3 is 4.74 Å². The van der Waals surface area contributed by atoms with Gasteiger partial charge in [-0.3, -0.25) is 4.57 Å². The number of ether oxygens (including phenoxy) is 1. The number of fused-ring (bicyclic) bond motifs is 3. The molecule has 0 saturated heterocycles. The van der Waals surface area contributed by atoms with E-state index in [0.717, 1.165) is 39.6 Å². The van der Waals surface area contributed by atoms with Crippen LogP contribution in [0.1, 0.15) is 5.82 Å². The van der Waals surface area contributed by atoms with E-state index in [1.165, 1.54) is 27.5 Å². The van der Waals surface area contributed by atoms with Crippen LogP contribution in [0, 0.1) is 6.92 Å². The van der Waals surface area contributed by atoms with Gasteiger partial charge in [0.05, 0.1) is 11.0 Å². The van der Waals surface area contributed by atoms with Gasteiger partial charge in [0.2, 0.25) is 0 Å². The molecule has 1 aliphatic heterocycles. The topological polar surface area (TPSA) is 27.1 Å². The standard InChI is InChI=1S/C30H20N2O/c1-19-31-26-10-3-4-11-27(26)32(19)21-15-13-20(14-16-21)22-17-18-29-30-24(22)8-6-9-25(30)23-7-2-5-12-28(23)33-29/h2-18H,1H3. The summed E-state index contributed by atoms with van der Waals surface area (Å²) in [6.07, 6.45) is 0. The van der Waals surface area contributed by atoms with E-state index >= 15 is 0 Å². The fraction of sp³-hybridized carbons (Fsp3) is 0.0333. The summed E-state index contributed by atoms with van der Waals surface area (Å²) in [4.78, 5) is 4.71. The normalized spacial score (nSPS) is 12.0. The Balaban J connectivity index is 1.38. The van der Waals surface area contributed by atoms with Gasteiger partial charge in [-0.15, -0.1) is 0 Å². The third-order valence-corrected chi connectivity index (χ3v) is 6.56. The molecule has 0 atom stereocenters. The molecule has 0 unspecified atom stereocenters. The fourth-order valence-corrected chi connectivity index (χ4v) is 5.09. The van der Waals surface area contributed by atoms with E-state index in [1.807, 2.05) is 18.2 Å². The zero-order valence-corrected chi connectivity index (χ0v) is 18.1. The Hall–Kier alpha value is -4.37. The molecule has 0 amide bonds. The first kappa shape index (κ1) is 18.2. The smallest absolute Gasteiger partial charge is 0.135 e. The van der Waals surface area contributed by atoms with E-state index in [1.54, 1.807) is 0 Å². The van der Waals surface area contributed by atoms with Crippen molar-refractivity contribution < 1.29 is 4.74 Å². The minimum absolute atomic E-state index is 0.914. The molecule has 0 aliphatic carbocycles. The molecule has 0 spiro atoms. The first-order valence-corrected chi connectivity index (χ1v) is 11.2. The molecule has 7 rings (SSSR count). The van der Waals surface area contributed by atoms with Gasteiger partial charge in [0.1, 0.15) is 17.3 Å². The summed E-state index contributed by atoms with van der Waals surface area (Å²) in [5.74, 6) is 2.82. The van der Waals surface area contributed by atoms with Gasteiger partial charge in [-0.25, -0.2) is 4.98 Å². The zero-order valence-electron chi connectivity index (χ0n) is 18.1. The van der Waals surface area contributed by atoms with Crippen molar-refractivity contribution in [3.63, 3.8) is 0 Å². The second kappa shape index (κ2) is 6.81. The van der Waals surface area contributed by atoms with Gasteiger partial charge in [0.25, 0.3) is 0 Å². The van der Waals surface area contributed by atoms with E-state index in [0.29, 0.717) is 0 Å². The van der Waals surface area contributed by atoms with Crippen molar-refractivity contribution in [2.45, 2.75) is 6.92 Å². The predicted octanol–water partition coefficient (Wildman–Crippen LogP) is 7.93. The van der Waals surface area contributed by atoms with E-state index in [2.05, 4.69) is 96.4 Å². The van der Waals surface area contributed by atoms with Crippen molar-refractivity contribution in [2.24, 2.45) is 0 Å². The number of aryl methyl sites for hydroxylation is 1. The molecule has 6 aromatic rings. The summed E-state index contributed by atoms with van der Waals surface area (Å²) >= 11 is 0. The Kier molecular flexibility index (Phi) is 3.76. The SMILES string of the molecule is Cc1nc2ccccc2n1-c1ccc(-c2ccc3c4c(cccc24)-c2ccccc2O3)cc1. The third-order valence-electron chi connectivity index (χ3n) is 6.56. The van der Waals surface area contributed by atoms with Gasteiger partial charge in [-0.05, 0) is 65.4 Å². The molecule has 0 N–H and O–H groups in total. The van der Waals surface area contributed by atoms with Gasteiger partial charge >= 0.3 is 0 Å². The Morgan fingerprint density at radius 1 is 0.636 bits per heavy atom. The van der Waals surface area contributed by atoms with Crippen LogP contribution in [0.4, 0.5) is 0 Å². The number of imidazole rings is 1. The van der Waals surface area contributed by atoms with Crippen LogP contribution >= 0.6 is 0 Å². The third kappa shape index (κ3) is 2.66. The van der Waals surface area contributed by atoms with E-state index in [-0.39, 0.29) is 0 Å². The van der Waals surface area contributed by atoms with Crippen LogP contribution in [0.5, 0.6) is 11.5 Å². The van der Waals surface area contributed by atoms with Crippen LogP contribution in [0.2, 0.25) is 0 Å². The molecule has 1 aromatic heterocycles. The number of hydrogen-bond acceptors (Lipinski definition) is 2. The number of nitrogens with zero attached hydrogens (tertiary/aromatic N) is 2. The molecular formula is C30H20N2O. The van der Waals surface area contributed by atoms with Gasteiger partial charge in [0.15, 0.2) is 0 Å². The molecule has 1 aliphatic rings. The second-order valence-electron chi connectivity index (χ2n) is 8.47. The number of benzene rings is 5. The number of rotatable bonds is 2. The van der Waals surface area contributed by atoms with Gasteiger partial charge in [0, 0.05) is 16.6 Å². The lowest BCUT2D eigenvalue weighted by Crippen LogP contribution is -1.98. The highest BCUT2D eigenvalue weighted by molar-refractivity contribution is 6.09. The number of aromatic nitrogens is 2. The highest BCUT2D eigenvalue weighted by Gasteiger charge is 2.21. The second-order valence-corrected chi connectivity index (χ2v) is 8.47. The quantitative estimate of drug-likeness (QED) is 0.282. The maximum Gasteiger partial charge on any atom is 0.135 e. The highest BCUT2D eigenvalue weighted by Crippen LogP contribution is 2.48. The Morgan fingerprint density at radius 3 is 2.33 bits per heavy atom. The average Bonchev–Trinajstić information content (AvgIpc) is 3.20. The summed E-state index contributed by atoms with van der Waals surface area (Å²) in [7, 11) is 0. The highest BCUT2D eigenvalue weighted by atomic mass is 16.5. The minimum atomic E-state index is 0.914. The summed E-state index contributed by atoms with van der Waals surface area (Å²) in [6, 6.07) is 36.1. The minimum Gasteiger partial charge on any atom is -0.456 e. The number of hydrogen-bond donors (Lipinski definition) is 0. The van der Waals surface area contributed by atoms with Crippen LogP contribution in [-0.4, -0.2) is 9.55 Å². The summed E-state index contributed by atoms with van der Waals surface area (Å²) in [5, 5.41) is 2.38. The Morgan fingerprint density at radius 2 is 1.42 bits per heavy atom. The van der Waals surface area contributed by atoms with Crippen molar-refractivity contribution in [1.82, 2.24) is 9.55 Å². The molecule has 3 nitrogen and oxygen atoms in total. The lowest BCUT2D eigenvalue weighted by molar-refractivity contribution is 0.487. The lowest BCUT2D eigenvalue weighted by Gasteiger charge is -2.22. The van der Waals surface area contributed by atoms with E-state index in [9.17, 15) is 0 Å². The number of para-hydroxylation sites is 3. The molecule has 0 bridgehead atoms. The van der Waals surface area contributed by atoms with Crippen LogP contribution in [0.15, 0.2) is 103 Å². The first-order chi connectivity index (χ1) is 16.3. The molecule has 33 heavy (non-hydrogen) atoms. The molecule has 3 heteroatoms. The van der Waals surface area contributed by atoms with Crippen LogP contribution < -0.4 is 4.74 Å². The van der Waals surface area contributed by atoms with Gasteiger partial charge in [-0.1, -0.05) is 66.7 Å². The monoisotopic (exact) mass is 424 g/mol. The largest absolute Gasteiger partial charge is 0.456 e. The van der Waals surface area contributed by atoms with Crippen molar-refractivity contribution in [1.29, 1.82) is 0 Å². The van der Waals surface area contributed by atoms with E-state index < -0.39 is 0 Å². The molecular weight excluding hydrogens is 404 g/mol. The zero-order chi connectivity index (χ0) is 21.9. The molecule has 0 fully saturated rings. The molecule has 0 saturated carbocycles. The molecule has 2 heterocycles.